The summed E-state index contributed by atoms with van der Waals surface area (Å²) in [7, 11) is 0. The second kappa shape index (κ2) is 5.78. The fraction of sp³-hybridized carbons (Fsp3) is 0.889. The molecule has 0 spiro atoms. The van der Waals surface area contributed by atoms with Crippen LogP contribution in [0.5, 0.6) is 0 Å². The summed E-state index contributed by atoms with van der Waals surface area (Å²) in [5.41, 5.74) is 0. The molecule has 0 aromatic heterocycles. The molecule has 1 rings (SSSR count). The van der Waals surface area contributed by atoms with Gasteiger partial charge >= 0.3 is 5.97 Å². The van der Waals surface area contributed by atoms with Gasteiger partial charge in [-0.15, -0.1) is 0 Å². The SMILES string of the molecule is O=C1CCCCC(CCCI)O1. The molecular weight excluding hydrogens is 267 g/mol. The summed E-state index contributed by atoms with van der Waals surface area (Å²) in [6.45, 7) is 0. The molecule has 1 unspecified atom stereocenters. The highest BCUT2D eigenvalue weighted by Crippen LogP contribution is 2.18. The Kier molecular flexibility index (Phi) is 4.95. The van der Waals surface area contributed by atoms with Gasteiger partial charge in [0.05, 0.1) is 0 Å². The number of ether oxygens (including phenoxy) is 1. The molecule has 0 N–H and O–H groups in total. The highest BCUT2D eigenvalue weighted by Gasteiger charge is 2.17. The fourth-order valence-corrected chi connectivity index (χ4v) is 1.89. The quantitative estimate of drug-likeness (QED) is 0.452. The van der Waals surface area contributed by atoms with E-state index >= 15 is 0 Å². The molecule has 0 saturated carbocycles. The number of hydrogen-bond donors (Lipinski definition) is 0. The zero-order valence-corrected chi connectivity index (χ0v) is 9.38. The maximum atomic E-state index is 11.0. The van der Waals surface area contributed by atoms with Gasteiger partial charge in [-0.2, -0.15) is 0 Å². The summed E-state index contributed by atoms with van der Waals surface area (Å²) in [4.78, 5) is 11.0. The van der Waals surface area contributed by atoms with E-state index in [1.165, 1.54) is 6.42 Å². The van der Waals surface area contributed by atoms with Crippen LogP contribution in [-0.4, -0.2) is 16.5 Å². The van der Waals surface area contributed by atoms with Crippen LogP contribution in [0.2, 0.25) is 0 Å². The van der Waals surface area contributed by atoms with Crippen LogP contribution >= 0.6 is 22.6 Å². The van der Waals surface area contributed by atoms with Gasteiger partial charge in [-0.25, -0.2) is 0 Å². The smallest absolute Gasteiger partial charge is 0.306 e. The molecule has 70 valence electrons. The van der Waals surface area contributed by atoms with Gasteiger partial charge in [-0.1, -0.05) is 22.6 Å². The summed E-state index contributed by atoms with van der Waals surface area (Å²) in [6, 6.07) is 0. The van der Waals surface area contributed by atoms with Crippen LogP contribution in [0.3, 0.4) is 0 Å². The van der Waals surface area contributed by atoms with Crippen LogP contribution in [0.25, 0.3) is 0 Å². The molecule has 1 saturated heterocycles. The summed E-state index contributed by atoms with van der Waals surface area (Å²) in [5.74, 6) is 0.00552. The van der Waals surface area contributed by atoms with Crippen LogP contribution in [0.1, 0.15) is 38.5 Å². The van der Waals surface area contributed by atoms with Crippen molar-refractivity contribution in [3.8, 4) is 0 Å². The van der Waals surface area contributed by atoms with E-state index in [9.17, 15) is 4.79 Å². The van der Waals surface area contributed by atoms with Gasteiger partial charge in [-0.3, -0.25) is 4.79 Å². The normalized spacial score (nSPS) is 24.8. The minimum atomic E-state index is 0.00552. The average Bonchev–Trinajstić information content (AvgIpc) is 2.26. The maximum Gasteiger partial charge on any atom is 0.306 e. The topological polar surface area (TPSA) is 26.3 Å². The number of carbonyl (C=O) groups is 1. The van der Waals surface area contributed by atoms with Crippen molar-refractivity contribution in [2.24, 2.45) is 0 Å². The Morgan fingerprint density at radius 1 is 1.50 bits per heavy atom. The molecule has 0 radical (unpaired) electrons. The van der Waals surface area contributed by atoms with Crippen LogP contribution in [0, 0.1) is 0 Å². The monoisotopic (exact) mass is 282 g/mol. The molecule has 0 aromatic rings. The van der Waals surface area contributed by atoms with Gasteiger partial charge < -0.3 is 4.74 Å². The van der Waals surface area contributed by atoms with Crippen LogP contribution < -0.4 is 0 Å². The van der Waals surface area contributed by atoms with E-state index in [0.29, 0.717) is 6.42 Å². The van der Waals surface area contributed by atoms with E-state index in [1.807, 2.05) is 0 Å². The van der Waals surface area contributed by atoms with E-state index in [0.717, 1.165) is 30.1 Å². The lowest BCUT2D eigenvalue weighted by Crippen LogP contribution is -2.15. The maximum absolute atomic E-state index is 11.0. The van der Waals surface area contributed by atoms with Crippen LogP contribution in [-0.2, 0) is 9.53 Å². The van der Waals surface area contributed by atoms with E-state index < -0.39 is 0 Å². The fourth-order valence-electron chi connectivity index (χ4n) is 1.45. The highest BCUT2D eigenvalue weighted by atomic mass is 127. The van der Waals surface area contributed by atoms with E-state index in [4.69, 9.17) is 4.74 Å². The molecular formula is C9H15IO2. The molecule has 1 aliphatic heterocycles. The Hall–Kier alpha value is 0.200. The molecule has 2 nitrogen and oxygen atoms in total. The Morgan fingerprint density at radius 3 is 3.08 bits per heavy atom. The first kappa shape index (κ1) is 10.3. The van der Waals surface area contributed by atoms with Gasteiger partial charge in [-0.05, 0) is 36.5 Å². The zero-order valence-electron chi connectivity index (χ0n) is 7.22. The molecule has 0 bridgehead atoms. The largest absolute Gasteiger partial charge is 0.462 e. The van der Waals surface area contributed by atoms with Crippen molar-refractivity contribution >= 4 is 28.6 Å². The van der Waals surface area contributed by atoms with E-state index in [2.05, 4.69) is 22.6 Å². The first-order valence-electron chi connectivity index (χ1n) is 4.58. The number of halogens is 1. The predicted molar refractivity (Wildman–Crippen MR) is 56.5 cm³/mol. The number of carbonyl (C=O) groups excluding carboxylic acids is 1. The van der Waals surface area contributed by atoms with Gasteiger partial charge in [0.25, 0.3) is 0 Å². The lowest BCUT2D eigenvalue weighted by atomic mass is 10.1. The minimum absolute atomic E-state index is 0.00552. The number of esters is 1. The van der Waals surface area contributed by atoms with Crippen molar-refractivity contribution < 1.29 is 9.53 Å². The number of hydrogen-bond acceptors (Lipinski definition) is 2. The summed E-state index contributed by atoms with van der Waals surface area (Å²) in [6.07, 6.45) is 6.29. The summed E-state index contributed by atoms with van der Waals surface area (Å²) in [5, 5.41) is 0. The third-order valence-electron chi connectivity index (χ3n) is 2.11. The molecule has 12 heavy (non-hydrogen) atoms. The van der Waals surface area contributed by atoms with Crippen molar-refractivity contribution in [3.63, 3.8) is 0 Å². The predicted octanol–water partition coefficient (Wildman–Crippen LogP) is 2.69. The lowest BCUT2D eigenvalue weighted by Gasteiger charge is -2.13. The zero-order chi connectivity index (χ0) is 8.81. The van der Waals surface area contributed by atoms with Crippen molar-refractivity contribution in [3.05, 3.63) is 0 Å². The van der Waals surface area contributed by atoms with Crippen LogP contribution in [0.15, 0.2) is 0 Å². The first-order valence-corrected chi connectivity index (χ1v) is 6.11. The molecule has 1 heterocycles. The molecule has 1 aliphatic rings. The van der Waals surface area contributed by atoms with Gasteiger partial charge in [0.2, 0.25) is 0 Å². The first-order chi connectivity index (χ1) is 5.83. The summed E-state index contributed by atoms with van der Waals surface area (Å²) >= 11 is 2.36. The average molecular weight is 282 g/mol. The second-order valence-corrected chi connectivity index (χ2v) is 4.27. The molecule has 0 aromatic carbocycles. The number of alkyl halides is 1. The Morgan fingerprint density at radius 2 is 2.33 bits per heavy atom. The molecule has 0 amide bonds. The Bertz CT molecular complexity index is 147. The van der Waals surface area contributed by atoms with Gasteiger partial charge in [0, 0.05) is 6.42 Å². The van der Waals surface area contributed by atoms with Crippen molar-refractivity contribution in [2.75, 3.05) is 4.43 Å². The Labute approximate surface area is 87.2 Å². The molecule has 0 aliphatic carbocycles. The second-order valence-electron chi connectivity index (χ2n) is 3.19. The summed E-state index contributed by atoms with van der Waals surface area (Å²) < 4.78 is 6.43. The van der Waals surface area contributed by atoms with E-state index in [-0.39, 0.29) is 12.1 Å². The van der Waals surface area contributed by atoms with E-state index in [1.54, 1.807) is 0 Å². The molecule has 1 fully saturated rings. The highest BCUT2D eigenvalue weighted by molar-refractivity contribution is 14.1. The molecule has 3 heteroatoms. The standard InChI is InChI=1S/C9H15IO2/c10-7-3-5-8-4-1-2-6-9(11)12-8/h8H,1-7H2. The minimum Gasteiger partial charge on any atom is -0.462 e. The number of cyclic esters (lactones) is 1. The Balaban J connectivity index is 2.26. The number of rotatable bonds is 3. The van der Waals surface area contributed by atoms with Gasteiger partial charge in [0.15, 0.2) is 0 Å². The third-order valence-corrected chi connectivity index (χ3v) is 2.88. The third kappa shape index (κ3) is 3.74. The van der Waals surface area contributed by atoms with Gasteiger partial charge in [0.1, 0.15) is 6.10 Å². The lowest BCUT2D eigenvalue weighted by molar-refractivity contribution is -0.148. The van der Waals surface area contributed by atoms with Crippen LogP contribution in [0.4, 0.5) is 0 Å². The van der Waals surface area contributed by atoms with Crippen molar-refractivity contribution in [2.45, 2.75) is 44.6 Å². The van der Waals surface area contributed by atoms with Crippen molar-refractivity contribution in [1.82, 2.24) is 0 Å². The molecule has 1 atom stereocenters. The van der Waals surface area contributed by atoms with Crippen molar-refractivity contribution in [1.29, 1.82) is 0 Å².